The number of benzene rings is 2. The van der Waals surface area contributed by atoms with Crippen LogP contribution in [-0.2, 0) is 20.9 Å². The van der Waals surface area contributed by atoms with E-state index in [4.69, 9.17) is 9.47 Å². The van der Waals surface area contributed by atoms with E-state index in [0.717, 1.165) is 17.7 Å². The van der Waals surface area contributed by atoms with E-state index in [-0.39, 0.29) is 11.3 Å². The Bertz CT molecular complexity index is 779. The van der Waals surface area contributed by atoms with Gasteiger partial charge in [0.15, 0.2) is 17.7 Å². The van der Waals surface area contributed by atoms with Crippen LogP contribution in [0.15, 0.2) is 42.5 Å². The van der Waals surface area contributed by atoms with E-state index in [1.54, 1.807) is 24.3 Å². The SMILES string of the molecule is COCc1cccc(C(=O)O[C@H](C)C(=O)Nc2ccc(F)c(F)c2)c1. The lowest BCUT2D eigenvalue weighted by atomic mass is 10.1. The molecule has 1 amide bonds. The molecule has 132 valence electrons. The second-order valence-electron chi connectivity index (χ2n) is 5.30. The van der Waals surface area contributed by atoms with E-state index in [1.807, 2.05) is 0 Å². The Hall–Kier alpha value is -2.80. The molecule has 0 unspecified atom stereocenters. The van der Waals surface area contributed by atoms with Crippen molar-refractivity contribution in [2.24, 2.45) is 0 Å². The summed E-state index contributed by atoms with van der Waals surface area (Å²) in [5.74, 6) is -3.44. The highest BCUT2D eigenvalue weighted by molar-refractivity contribution is 5.97. The molecule has 0 fully saturated rings. The zero-order valence-electron chi connectivity index (χ0n) is 13.7. The summed E-state index contributed by atoms with van der Waals surface area (Å²) >= 11 is 0. The Morgan fingerprint density at radius 1 is 1.12 bits per heavy atom. The van der Waals surface area contributed by atoms with Gasteiger partial charge in [0.05, 0.1) is 12.2 Å². The highest BCUT2D eigenvalue weighted by atomic mass is 19.2. The van der Waals surface area contributed by atoms with Gasteiger partial charge in [-0.2, -0.15) is 0 Å². The van der Waals surface area contributed by atoms with Crippen molar-refractivity contribution in [1.82, 2.24) is 0 Å². The number of esters is 1. The quantitative estimate of drug-likeness (QED) is 0.813. The predicted molar refractivity (Wildman–Crippen MR) is 87.0 cm³/mol. The largest absolute Gasteiger partial charge is 0.449 e. The molecule has 0 saturated carbocycles. The molecule has 1 N–H and O–H groups in total. The van der Waals surface area contributed by atoms with E-state index in [1.165, 1.54) is 20.1 Å². The number of hydrogen-bond acceptors (Lipinski definition) is 4. The summed E-state index contributed by atoms with van der Waals surface area (Å²) < 4.78 is 36.1. The van der Waals surface area contributed by atoms with Crippen molar-refractivity contribution in [3.8, 4) is 0 Å². The maximum absolute atomic E-state index is 13.1. The van der Waals surface area contributed by atoms with E-state index >= 15 is 0 Å². The number of rotatable bonds is 6. The number of carbonyl (C=O) groups is 2. The fraction of sp³-hybridized carbons (Fsp3) is 0.222. The van der Waals surface area contributed by atoms with E-state index in [9.17, 15) is 18.4 Å². The van der Waals surface area contributed by atoms with Crippen molar-refractivity contribution in [3.63, 3.8) is 0 Å². The lowest BCUT2D eigenvalue weighted by Gasteiger charge is -2.14. The first-order valence-corrected chi connectivity index (χ1v) is 7.45. The molecule has 0 saturated heterocycles. The van der Waals surface area contributed by atoms with Gasteiger partial charge in [-0.3, -0.25) is 4.79 Å². The maximum atomic E-state index is 13.1. The molecule has 0 aromatic heterocycles. The Labute approximate surface area is 143 Å². The van der Waals surface area contributed by atoms with Gasteiger partial charge in [-0.15, -0.1) is 0 Å². The fourth-order valence-electron chi connectivity index (χ4n) is 2.05. The van der Waals surface area contributed by atoms with Gasteiger partial charge in [-0.1, -0.05) is 12.1 Å². The minimum atomic E-state index is -1.12. The highest BCUT2D eigenvalue weighted by Crippen LogP contribution is 2.14. The first kappa shape index (κ1) is 18.5. The van der Waals surface area contributed by atoms with Gasteiger partial charge in [0.1, 0.15) is 0 Å². The Kier molecular flexibility index (Phi) is 6.19. The van der Waals surface area contributed by atoms with Crippen molar-refractivity contribution < 1.29 is 27.8 Å². The number of carbonyl (C=O) groups excluding carboxylic acids is 2. The van der Waals surface area contributed by atoms with Crippen molar-refractivity contribution in [3.05, 3.63) is 65.2 Å². The minimum Gasteiger partial charge on any atom is -0.449 e. The number of ether oxygens (including phenoxy) is 2. The van der Waals surface area contributed by atoms with Crippen LogP contribution >= 0.6 is 0 Å². The highest BCUT2D eigenvalue weighted by Gasteiger charge is 2.19. The van der Waals surface area contributed by atoms with Crippen LogP contribution in [0.1, 0.15) is 22.8 Å². The molecule has 0 spiro atoms. The second-order valence-corrected chi connectivity index (χ2v) is 5.30. The van der Waals surface area contributed by atoms with Gasteiger partial charge in [-0.05, 0) is 36.8 Å². The Morgan fingerprint density at radius 2 is 1.88 bits per heavy atom. The molecule has 0 aliphatic carbocycles. The van der Waals surface area contributed by atoms with E-state index < -0.39 is 29.6 Å². The monoisotopic (exact) mass is 349 g/mol. The van der Waals surface area contributed by atoms with Crippen molar-refractivity contribution in [1.29, 1.82) is 0 Å². The average Bonchev–Trinajstić information content (AvgIpc) is 2.58. The smallest absolute Gasteiger partial charge is 0.338 e. The van der Waals surface area contributed by atoms with Crippen molar-refractivity contribution >= 4 is 17.6 Å². The Balaban J connectivity index is 1.99. The molecule has 2 rings (SSSR count). The number of hydrogen-bond donors (Lipinski definition) is 1. The third kappa shape index (κ3) is 5.09. The van der Waals surface area contributed by atoms with Gasteiger partial charge in [0.2, 0.25) is 0 Å². The molecule has 0 aliphatic heterocycles. The van der Waals surface area contributed by atoms with Crippen LogP contribution in [-0.4, -0.2) is 25.1 Å². The predicted octanol–water partition coefficient (Wildman–Crippen LogP) is 3.30. The molecule has 2 aromatic carbocycles. The van der Waals surface area contributed by atoms with Gasteiger partial charge < -0.3 is 14.8 Å². The Morgan fingerprint density at radius 3 is 2.56 bits per heavy atom. The summed E-state index contributed by atoms with van der Waals surface area (Å²) in [6.45, 7) is 1.72. The summed E-state index contributed by atoms with van der Waals surface area (Å²) in [5, 5.41) is 2.36. The van der Waals surface area contributed by atoms with Crippen LogP contribution in [0.2, 0.25) is 0 Å². The normalized spacial score (nSPS) is 11.7. The first-order chi connectivity index (χ1) is 11.9. The maximum Gasteiger partial charge on any atom is 0.338 e. The van der Waals surface area contributed by atoms with E-state index in [0.29, 0.717) is 6.61 Å². The summed E-state index contributed by atoms with van der Waals surface area (Å²) in [6, 6.07) is 9.57. The number of nitrogens with one attached hydrogen (secondary N) is 1. The number of anilines is 1. The van der Waals surface area contributed by atoms with Crippen LogP contribution in [0, 0.1) is 11.6 Å². The molecule has 25 heavy (non-hydrogen) atoms. The molecular formula is C18H17F2NO4. The van der Waals surface area contributed by atoms with Crippen LogP contribution < -0.4 is 5.32 Å². The van der Waals surface area contributed by atoms with Gasteiger partial charge >= 0.3 is 5.97 Å². The summed E-state index contributed by atoms with van der Waals surface area (Å²) in [5.41, 5.74) is 1.13. The zero-order chi connectivity index (χ0) is 18.4. The number of methoxy groups -OCH3 is 1. The summed E-state index contributed by atoms with van der Waals surface area (Å²) in [4.78, 5) is 24.1. The lowest BCUT2D eigenvalue weighted by molar-refractivity contribution is -0.123. The molecular weight excluding hydrogens is 332 g/mol. The van der Waals surface area contributed by atoms with Crippen LogP contribution in [0.5, 0.6) is 0 Å². The van der Waals surface area contributed by atoms with E-state index in [2.05, 4.69) is 5.32 Å². The molecule has 2 aromatic rings. The third-order valence-corrected chi connectivity index (χ3v) is 3.31. The first-order valence-electron chi connectivity index (χ1n) is 7.45. The van der Waals surface area contributed by atoms with Crippen LogP contribution in [0.3, 0.4) is 0 Å². The molecule has 7 heteroatoms. The summed E-state index contributed by atoms with van der Waals surface area (Å²) in [7, 11) is 1.54. The third-order valence-electron chi connectivity index (χ3n) is 3.31. The lowest BCUT2D eigenvalue weighted by Crippen LogP contribution is -2.30. The zero-order valence-corrected chi connectivity index (χ0v) is 13.7. The molecule has 0 heterocycles. The van der Waals surface area contributed by atoms with Gasteiger partial charge in [0, 0.05) is 18.9 Å². The fourth-order valence-corrected chi connectivity index (χ4v) is 2.05. The van der Waals surface area contributed by atoms with Crippen LogP contribution in [0.4, 0.5) is 14.5 Å². The van der Waals surface area contributed by atoms with Gasteiger partial charge in [-0.25, -0.2) is 13.6 Å². The van der Waals surface area contributed by atoms with Crippen molar-refractivity contribution in [2.45, 2.75) is 19.6 Å². The summed E-state index contributed by atoms with van der Waals surface area (Å²) in [6.07, 6.45) is -1.12. The minimum absolute atomic E-state index is 0.0638. The molecule has 0 radical (unpaired) electrons. The molecule has 1 atom stereocenters. The van der Waals surface area contributed by atoms with Crippen molar-refractivity contribution in [2.75, 3.05) is 12.4 Å². The number of amides is 1. The number of halogens is 2. The van der Waals surface area contributed by atoms with Gasteiger partial charge in [0.25, 0.3) is 5.91 Å². The molecule has 0 bridgehead atoms. The second kappa shape index (κ2) is 8.34. The molecule has 5 nitrogen and oxygen atoms in total. The topological polar surface area (TPSA) is 64.6 Å². The average molecular weight is 349 g/mol. The molecule has 0 aliphatic rings. The standard InChI is InChI=1S/C18H17F2NO4/c1-11(17(22)21-14-6-7-15(19)16(20)9-14)25-18(23)13-5-3-4-12(8-13)10-24-2/h3-9,11H,10H2,1-2H3,(H,21,22)/t11-/m1/s1. The van der Waals surface area contributed by atoms with Crippen LogP contribution in [0.25, 0.3) is 0 Å².